The SMILES string of the molecule is CNCC(C)(C)N(C)Cc1ccc(C)cc1C. The number of hydrogen-bond donors (Lipinski definition) is 1. The van der Waals surface area contributed by atoms with E-state index in [0.717, 1.165) is 13.1 Å². The van der Waals surface area contributed by atoms with Crippen molar-refractivity contribution in [3.63, 3.8) is 0 Å². The number of benzene rings is 1. The molecule has 0 atom stereocenters. The molecule has 0 aliphatic carbocycles. The van der Waals surface area contributed by atoms with Crippen molar-refractivity contribution in [3.8, 4) is 0 Å². The van der Waals surface area contributed by atoms with Crippen molar-refractivity contribution in [2.45, 2.75) is 39.8 Å². The highest BCUT2D eigenvalue weighted by atomic mass is 15.2. The van der Waals surface area contributed by atoms with Crippen molar-refractivity contribution < 1.29 is 0 Å². The van der Waals surface area contributed by atoms with Crippen molar-refractivity contribution in [2.24, 2.45) is 0 Å². The second-order valence-corrected chi connectivity index (χ2v) is 5.63. The van der Waals surface area contributed by atoms with Gasteiger partial charge in [-0.3, -0.25) is 4.90 Å². The van der Waals surface area contributed by atoms with Gasteiger partial charge in [0.15, 0.2) is 0 Å². The third-order valence-corrected chi connectivity index (χ3v) is 3.55. The molecule has 0 saturated carbocycles. The van der Waals surface area contributed by atoms with Gasteiger partial charge in [-0.05, 0) is 52.9 Å². The summed E-state index contributed by atoms with van der Waals surface area (Å²) in [4.78, 5) is 2.40. The van der Waals surface area contributed by atoms with E-state index in [4.69, 9.17) is 0 Å². The van der Waals surface area contributed by atoms with Gasteiger partial charge in [-0.2, -0.15) is 0 Å². The van der Waals surface area contributed by atoms with Crippen LogP contribution in [0, 0.1) is 13.8 Å². The first kappa shape index (κ1) is 14.2. The van der Waals surface area contributed by atoms with Crippen molar-refractivity contribution in [1.29, 1.82) is 0 Å². The van der Waals surface area contributed by atoms with Crippen LogP contribution in [0.25, 0.3) is 0 Å². The van der Waals surface area contributed by atoms with Gasteiger partial charge in [0.1, 0.15) is 0 Å². The normalized spacial score (nSPS) is 12.2. The van der Waals surface area contributed by atoms with E-state index in [-0.39, 0.29) is 5.54 Å². The molecule has 0 heterocycles. The molecule has 17 heavy (non-hydrogen) atoms. The maximum absolute atomic E-state index is 3.26. The van der Waals surface area contributed by atoms with Crippen LogP contribution in [-0.2, 0) is 6.54 Å². The third-order valence-electron chi connectivity index (χ3n) is 3.55. The predicted octanol–water partition coefficient (Wildman–Crippen LogP) is 2.73. The van der Waals surface area contributed by atoms with Crippen LogP contribution in [0.3, 0.4) is 0 Å². The summed E-state index contributed by atoms with van der Waals surface area (Å²) in [5.74, 6) is 0. The summed E-state index contributed by atoms with van der Waals surface area (Å²) in [6.45, 7) is 10.9. The standard InChI is InChI=1S/C15H26N2/c1-12-7-8-14(13(2)9-12)10-17(6)15(3,4)11-16-5/h7-9,16H,10-11H2,1-6H3. The van der Waals surface area contributed by atoms with E-state index < -0.39 is 0 Å². The largest absolute Gasteiger partial charge is 0.318 e. The van der Waals surface area contributed by atoms with Crippen LogP contribution in [0.2, 0.25) is 0 Å². The lowest BCUT2D eigenvalue weighted by Gasteiger charge is -2.36. The Morgan fingerprint density at radius 3 is 2.41 bits per heavy atom. The molecule has 96 valence electrons. The molecular formula is C15H26N2. The molecule has 0 radical (unpaired) electrons. The lowest BCUT2D eigenvalue weighted by molar-refractivity contribution is 0.147. The zero-order chi connectivity index (χ0) is 13.1. The molecule has 1 rings (SSSR count). The molecule has 0 spiro atoms. The Morgan fingerprint density at radius 2 is 1.88 bits per heavy atom. The van der Waals surface area contributed by atoms with Crippen LogP contribution >= 0.6 is 0 Å². The summed E-state index contributed by atoms with van der Waals surface area (Å²) in [6, 6.07) is 6.70. The van der Waals surface area contributed by atoms with Gasteiger partial charge < -0.3 is 5.32 Å². The molecule has 0 amide bonds. The molecule has 0 saturated heterocycles. The molecule has 0 aromatic heterocycles. The minimum atomic E-state index is 0.173. The molecular weight excluding hydrogens is 208 g/mol. The Balaban J connectivity index is 2.77. The van der Waals surface area contributed by atoms with Gasteiger partial charge in [-0.25, -0.2) is 0 Å². The first-order valence-corrected chi connectivity index (χ1v) is 6.29. The van der Waals surface area contributed by atoms with Crippen molar-refractivity contribution >= 4 is 0 Å². The monoisotopic (exact) mass is 234 g/mol. The van der Waals surface area contributed by atoms with Gasteiger partial charge in [0.25, 0.3) is 0 Å². The van der Waals surface area contributed by atoms with Crippen LogP contribution in [0.5, 0.6) is 0 Å². The second-order valence-electron chi connectivity index (χ2n) is 5.63. The average molecular weight is 234 g/mol. The highest BCUT2D eigenvalue weighted by molar-refractivity contribution is 5.30. The highest BCUT2D eigenvalue weighted by Crippen LogP contribution is 2.18. The molecule has 2 nitrogen and oxygen atoms in total. The third kappa shape index (κ3) is 3.83. The van der Waals surface area contributed by atoms with Gasteiger partial charge in [-0.15, -0.1) is 0 Å². The molecule has 0 aliphatic rings. The summed E-state index contributed by atoms with van der Waals surface area (Å²) in [7, 11) is 4.20. The van der Waals surface area contributed by atoms with Gasteiger partial charge in [-0.1, -0.05) is 23.8 Å². The Bertz CT molecular complexity index is 369. The Morgan fingerprint density at radius 1 is 1.24 bits per heavy atom. The molecule has 1 N–H and O–H groups in total. The quantitative estimate of drug-likeness (QED) is 0.843. The zero-order valence-corrected chi connectivity index (χ0v) is 12.1. The maximum atomic E-state index is 3.26. The van der Waals surface area contributed by atoms with Crippen LogP contribution in [0.4, 0.5) is 0 Å². The molecule has 0 aliphatic heterocycles. The van der Waals surface area contributed by atoms with E-state index in [9.17, 15) is 0 Å². The van der Waals surface area contributed by atoms with Crippen LogP contribution in [0.15, 0.2) is 18.2 Å². The minimum absolute atomic E-state index is 0.173. The van der Waals surface area contributed by atoms with Crippen LogP contribution in [-0.4, -0.2) is 31.1 Å². The Hall–Kier alpha value is -0.860. The fourth-order valence-corrected chi connectivity index (χ4v) is 2.06. The second kappa shape index (κ2) is 5.65. The van der Waals surface area contributed by atoms with E-state index in [2.05, 4.69) is 63.2 Å². The Kier molecular flexibility index (Phi) is 4.72. The molecule has 0 fully saturated rings. The highest BCUT2D eigenvalue weighted by Gasteiger charge is 2.22. The lowest BCUT2D eigenvalue weighted by Crippen LogP contribution is -2.47. The van der Waals surface area contributed by atoms with E-state index in [0.29, 0.717) is 0 Å². The van der Waals surface area contributed by atoms with Crippen molar-refractivity contribution in [1.82, 2.24) is 10.2 Å². The zero-order valence-electron chi connectivity index (χ0n) is 12.1. The maximum Gasteiger partial charge on any atom is 0.0278 e. The van der Waals surface area contributed by atoms with Crippen LogP contribution in [0.1, 0.15) is 30.5 Å². The van der Waals surface area contributed by atoms with Gasteiger partial charge in [0.2, 0.25) is 0 Å². The molecule has 0 unspecified atom stereocenters. The first-order valence-electron chi connectivity index (χ1n) is 6.29. The number of hydrogen-bond acceptors (Lipinski definition) is 2. The number of nitrogens with zero attached hydrogens (tertiary/aromatic N) is 1. The predicted molar refractivity (Wildman–Crippen MR) is 75.4 cm³/mol. The summed E-state index contributed by atoms with van der Waals surface area (Å²) >= 11 is 0. The number of rotatable bonds is 5. The lowest BCUT2D eigenvalue weighted by atomic mass is 10.0. The van der Waals surface area contributed by atoms with E-state index in [1.807, 2.05) is 7.05 Å². The summed E-state index contributed by atoms with van der Waals surface area (Å²) < 4.78 is 0. The molecule has 2 heteroatoms. The van der Waals surface area contributed by atoms with E-state index in [1.54, 1.807) is 0 Å². The van der Waals surface area contributed by atoms with Crippen molar-refractivity contribution in [2.75, 3.05) is 20.6 Å². The Labute approximate surface area is 106 Å². The summed E-state index contributed by atoms with van der Waals surface area (Å²) in [5.41, 5.74) is 4.31. The summed E-state index contributed by atoms with van der Waals surface area (Å²) in [6.07, 6.45) is 0. The fraction of sp³-hybridized carbons (Fsp3) is 0.600. The van der Waals surface area contributed by atoms with Crippen molar-refractivity contribution in [3.05, 3.63) is 34.9 Å². The smallest absolute Gasteiger partial charge is 0.0278 e. The molecule has 1 aromatic carbocycles. The van der Waals surface area contributed by atoms with E-state index in [1.165, 1.54) is 16.7 Å². The molecule has 0 bridgehead atoms. The van der Waals surface area contributed by atoms with Gasteiger partial charge in [0.05, 0.1) is 0 Å². The number of aryl methyl sites for hydroxylation is 2. The number of likely N-dealkylation sites (N-methyl/N-ethyl adjacent to an activating group) is 2. The topological polar surface area (TPSA) is 15.3 Å². The fourth-order valence-electron chi connectivity index (χ4n) is 2.06. The minimum Gasteiger partial charge on any atom is -0.318 e. The first-order chi connectivity index (χ1) is 7.86. The van der Waals surface area contributed by atoms with Gasteiger partial charge in [0, 0.05) is 18.6 Å². The average Bonchev–Trinajstić information content (AvgIpc) is 2.22. The number of nitrogens with one attached hydrogen (secondary N) is 1. The van der Waals surface area contributed by atoms with Gasteiger partial charge >= 0.3 is 0 Å². The summed E-state index contributed by atoms with van der Waals surface area (Å²) in [5, 5.41) is 3.26. The van der Waals surface area contributed by atoms with E-state index >= 15 is 0 Å². The molecule has 1 aromatic rings. The van der Waals surface area contributed by atoms with Crippen LogP contribution < -0.4 is 5.32 Å².